The minimum Gasteiger partial charge on any atom is -0.454 e. The second-order valence-corrected chi connectivity index (χ2v) is 10.8. The van der Waals surface area contributed by atoms with Gasteiger partial charge >= 0.3 is 5.97 Å². The van der Waals surface area contributed by atoms with Crippen LogP contribution in [0.3, 0.4) is 0 Å². The first-order valence-corrected chi connectivity index (χ1v) is 10.8. The van der Waals surface area contributed by atoms with Crippen molar-refractivity contribution in [3.8, 4) is 0 Å². The van der Waals surface area contributed by atoms with Crippen LogP contribution in [0, 0.1) is 29.1 Å². The summed E-state index contributed by atoms with van der Waals surface area (Å²) in [5, 5.41) is 5.77. The minimum absolute atomic E-state index is 0.0152. The maximum absolute atomic E-state index is 13.2. The Hall–Kier alpha value is -1.59. The lowest BCUT2D eigenvalue weighted by Crippen LogP contribution is -2.57. The summed E-state index contributed by atoms with van der Waals surface area (Å²) in [5.41, 5.74) is -0.681. The highest BCUT2D eigenvalue weighted by Gasteiger charge is 2.55. The maximum Gasteiger partial charge on any atom is 0.329 e. The molecular weight excluding hydrogens is 356 g/mol. The van der Waals surface area contributed by atoms with Crippen molar-refractivity contribution in [3.63, 3.8) is 0 Å². The van der Waals surface area contributed by atoms with E-state index in [0.717, 1.165) is 19.3 Å². The summed E-state index contributed by atoms with van der Waals surface area (Å²) in [6, 6.07) is -0.719. The van der Waals surface area contributed by atoms with E-state index in [4.69, 9.17) is 4.74 Å². The predicted molar refractivity (Wildman–Crippen MR) is 106 cm³/mol. The Bertz CT molecular complexity index is 600. The molecule has 4 aliphatic carbocycles. The molecule has 0 aromatic heterocycles. The number of ether oxygens (including phenoxy) is 1. The third-order valence-corrected chi connectivity index (χ3v) is 6.59. The Kier molecular flexibility index (Phi) is 5.79. The van der Waals surface area contributed by atoms with E-state index < -0.39 is 12.0 Å². The lowest BCUT2D eigenvalue weighted by atomic mass is 9.49. The molecule has 4 bridgehead atoms. The van der Waals surface area contributed by atoms with Crippen molar-refractivity contribution in [2.45, 2.75) is 84.7 Å². The number of hydrogen-bond acceptors (Lipinski definition) is 4. The van der Waals surface area contributed by atoms with Crippen LogP contribution in [0.1, 0.15) is 73.1 Å². The fourth-order valence-electron chi connectivity index (χ4n) is 5.86. The number of amides is 2. The Labute approximate surface area is 168 Å². The molecule has 2 amide bonds. The van der Waals surface area contributed by atoms with Crippen LogP contribution in [0.15, 0.2) is 0 Å². The van der Waals surface area contributed by atoms with Crippen molar-refractivity contribution in [1.29, 1.82) is 0 Å². The normalized spacial score (nSPS) is 32.1. The molecule has 0 unspecified atom stereocenters. The monoisotopic (exact) mass is 392 g/mol. The van der Waals surface area contributed by atoms with Gasteiger partial charge in [-0.25, -0.2) is 4.79 Å². The van der Waals surface area contributed by atoms with Crippen molar-refractivity contribution in [2.75, 3.05) is 6.61 Å². The van der Waals surface area contributed by atoms with E-state index in [2.05, 4.69) is 10.6 Å². The number of carbonyl (C=O) groups is 3. The molecule has 0 spiro atoms. The molecule has 6 heteroatoms. The van der Waals surface area contributed by atoms with E-state index in [-0.39, 0.29) is 35.3 Å². The van der Waals surface area contributed by atoms with Crippen molar-refractivity contribution in [2.24, 2.45) is 29.1 Å². The summed E-state index contributed by atoms with van der Waals surface area (Å²) in [7, 11) is 0. The number of esters is 1. The summed E-state index contributed by atoms with van der Waals surface area (Å²) in [6.45, 7) is 9.06. The van der Waals surface area contributed by atoms with Crippen molar-refractivity contribution >= 4 is 17.8 Å². The smallest absolute Gasteiger partial charge is 0.329 e. The Morgan fingerprint density at radius 3 is 1.93 bits per heavy atom. The van der Waals surface area contributed by atoms with Crippen LogP contribution >= 0.6 is 0 Å². The lowest BCUT2D eigenvalue weighted by molar-refractivity contribution is -0.157. The van der Waals surface area contributed by atoms with Crippen molar-refractivity contribution in [1.82, 2.24) is 10.6 Å². The molecule has 4 fully saturated rings. The molecule has 4 aliphatic rings. The van der Waals surface area contributed by atoms with Gasteiger partial charge in [-0.2, -0.15) is 0 Å². The maximum atomic E-state index is 13.2. The standard InChI is InChI=1S/C22H36N2O4/c1-13(2)18(19(26)28-12-17(25)24-21(3,4)5)23-20(27)22-9-14-6-15(10-22)8-16(7-14)11-22/h13-16,18H,6-12H2,1-5H3,(H,23,27)(H,24,25)/t14?,15?,16?,18-,22?/m1/s1. The zero-order valence-electron chi connectivity index (χ0n) is 18.0. The van der Waals surface area contributed by atoms with Gasteiger partial charge in [-0.1, -0.05) is 13.8 Å². The SMILES string of the molecule is CC(C)[C@@H](NC(=O)C12CC3CC(CC(C3)C1)C2)C(=O)OCC(=O)NC(C)(C)C. The van der Waals surface area contributed by atoms with Crippen LogP contribution in [-0.2, 0) is 19.1 Å². The van der Waals surface area contributed by atoms with Gasteiger partial charge in [0, 0.05) is 11.0 Å². The van der Waals surface area contributed by atoms with Gasteiger partial charge in [-0.3, -0.25) is 9.59 Å². The van der Waals surface area contributed by atoms with Gasteiger partial charge < -0.3 is 15.4 Å². The quantitative estimate of drug-likeness (QED) is 0.681. The van der Waals surface area contributed by atoms with E-state index in [0.29, 0.717) is 17.8 Å². The molecule has 0 aromatic rings. The average Bonchev–Trinajstić information content (AvgIpc) is 2.54. The van der Waals surface area contributed by atoms with Gasteiger partial charge in [0.15, 0.2) is 6.61 Å². The third kappa shape index (κ3) is 4.69. The van der Waals surface area contributed by atoms with Crippen LogP contribution in [0.2, 0.25) is 0 Å². The molecule has 6 nitrogen and oxygen atoms in total. The first-order chi connectivity index (χ1) is 13.0. The lowest BCUT2D eigenvalue weighted by Gasteiger charge is -2.55. The van der Waals surface area contributed by atoms with Crippen molar-refractivity contribution in [3.05, 3.63) is 0 Å². The first kappa shape index (κ1) is 21.1. The number of rotatable bonds is 6. The van der Waals surface area contributed by atoms with E-state index in [1.807, 2.05) is 34.6 Å². The van der Waals surface area contributed by atoms with Gasteiger partial charge in [0.2, 0.25) is 5.91 Å². The highest BCUT2D eigenvalue weighted by Crippen LogP contribution is 2.60. The van der Waals surface area contributed by atoms with Gasteiger partial charge in [0.1, 0.15) is 6.04 Å². The summed E-state index contributed by atoms with van der Waals surface area (Å²) >= 11 is 0. The Morgan fingerprint density at radius 2 is 1.50 bits per heavy atom. The average molecular weight is 393 g/mol. The zero-order valence-corrected chi connectivity index (χ0v) is 18.0. The number of hydrogen-bond donors (Lipinski definition) is 2. The molecule has 0 aliphatic heterocycles. The first-order valence-electron chi connectivity index (χ1n) is 10.8. The Balaban J connectivity index is 1.59. The van der Waals surface area contributed by atoms with Crippen LogP contribution in [0.4, 0.5) is 0 Å². The molecule has 0 radical (unpaired) electrons. The van der Waals surface area contributed by atoms with E-state index >= 15 is 0 Å². The summed E-state index contributed by atoms with van der Waals surface area (Å²) < 4.78 is 5.23. The molecule has 0 saturated heterocycles. The molecule has 4 rings (SSSR count). The van der Waals surface area contributed by atoms with Crippen molar-refractivity contribution < 1.29 is 19.1 Å². The number of carbonyl (C=O) groups excluding carboxylic acids is 3. The fraction of sp³-hybridized carbons (Fsp3) is 0.864. The second kappa shape index (κ2) is 7.68. The third-order valence-electron chi connectivity index (χ3n) is 6.59. The molecule has 28 heavy (non-hydrogen) atoms. The van der Waals surface area contributed by atoms with Gasteiger partial charge in [-0.15, -0.1) is 0 Å². The summed E-state index contributed by atoms with van der Waals surface area (Å²) in [4.78, 5) is 37.8. The second-order valence-electron chi connectivity index (χ2n) is 10.8. The molecular formula is C22H36N2O4. The van der Waals surface area contributed by atoms with Crippen LogP contribution in [0.5, 0.6) is 0 Å². The van der Waals surface area contributed by atoms with Gasteiger partial charge in [0.25, 0.3) is 5.91 Å². The van der Waals surface area contributed by atoms with Gasteiger partial charge in [-0.05, 0) is 83.0 Å². The van der Waals surface area contributed by atoms with E-state index in [1.54, 1.807) is 0 Å². The van der Waals surface area contributed by atoms with E-state index in [9.17, 15) is 14.4 Å². The van der Waals surface area contributed by atoms with Crippen LogP contribution in [0.25, 0.3) is 0 Å². The van der Waals surface area contributed by atoms with Gasteiger partial charge in [0.05, 0.1) is 0 Å². The summed E-state index contributed by atoms with van der Waals surface area (Å²) in [6.07, 6.45) is 6.68. The van der Waals surface area contributed by atoms with E-state index in [1.165, 1.54) is 19.3 Å². The number of nitrogens with one attached hydrogen (secondary N) is 2. The predicted octanol–water partition coefficient (Wildman–Crippen LogP) is 2.80. The topological polar surface area (TPSA) is 84.5 Å². The van der Waals surface area contributed by atoms with Crippen LogP contribution < -0.4 is 10.6 Å². The highest BCUT2D eigenvalue weighted by molar-refractivity contribution is 5.89. The fourth-order valence-corrected chi connectivity index (χ4v) is 5.86. The molecule has 1 atom stereocenters. The minimum atomic E-state index is -0.719. The largest absolute Gasteiger partial charge is 0.454 e. The molecule has 158 valence electrons. The molecule has 0 aromatic carbocycles. The molecule has 4 saturated carbocycles. The molecule has 0 heterocycles. The highest BCUT2D eigenvalue weighted by atomic mass is 16.5. The Morgan fingerprint density at radius 1 is 1.00 bits per heavy atom. The zero-order chi connectivity index (χ0) is 20.7. The van der Waals surface area contributed by atoms with Crippen LogP contribution in [-0.4, -0.2) is 36.0 Å². The molecule has 2 N–H and O–H groups in total. The summed E-state index contributed by atoms with van der Waals surface area (Å²) in [5.74, 6) is 1.05.